The summed E-state index contributed by atoms with van der Waals surface area (Å²) in [6.45, 7) is 5.72. The van der Waals surface area contributed by atoms with Crippen molar-refractivity contribution in [2.75, 3.05) is 0 Å². The Kier molecular flexibility index (Phi) is 7.49. The van der Waals surface area contributed by atoms with Gasteiger partial charge in [0.05, 0.1) is 5.57 Å². The second-order valence-corrected chi connectivity index (χ2v) is 5.18. The topological polar surface area (TPSA) is 46.5 Å². The Labute approximate surface area is 116 Å². The van der Waals surface area contributed by atoms with Crippen LogP contribution >= 0.6 is 0 Å². The molecule has 1 fully saturated rings. The van der Waals surface area contributed by atoms with Crippen LogP contribution < -0.4 is 0 Å². The van der Waals surface area contributed by atoms with Crippen LogP contribution in [0, 0.1) is 0 Å². The Hall–Kier alpha value is -1.09. The van der Waals surface area contributed by atoms with E-state index in [0.29, 0.717) is 5.57 Å². The van der Waals surface area contributed by atoms with Crippen molar-refractivity contribution in [3.8, 4) is 0 Å². The van der Waals surface area contributed by atoms with Crippen LogP contribution in [-0.4, -0.2) is 17.2 Å². The van der Waals surface area contributed by atoms with Gasteiger partial charge in [-0.2, -0.15) is 0 Å². The molecule has 0 saturated carbocycles. The third-order valence-corrected chi connectivity index (χ3v) is 3.48. The summed E-state index contributed by atoms with van der Waals surface area (Å²) in [5.41, 5.74) is 0.355. The van der Waals surface area contributed by atoms with Crippen LogP contribution in [0.25, 0.3) is 0 Å². The first-order chi connectivity index (χ1) is 9.16. The third-order valence-electron chi connectivity index (χ3n) is 3.48. The summed E-state index contributed by atoms with van der Waals surface area (Å²) in [5.74, 6) is -0.302. The van der Waals surface area contributed by atoms with Gasteiger partial charge in [0.2, 0.25) is 0 Å². The molecule has 1 aliphatic heterocycles. The first-order valence-electron chi connectivity index (χ1n) is 7.46. The van der Waals surface area contributed by atoms with E-state index >= 15 is 0 Å². The van der Waals surface area contributed by atoms with Crippen LogP contribution in [0.5, 0.6) is 0 Å². The summed E-state index contributed by atoms with van der Waals surface area (Å²) in [5, 5.41) is 9.64. The Bertz CT molecular complexity index is 331. The van der Waals surface area contributed by atoms with Crippen molar-refractivity contribution in [3.05, 3.63) is 24.0 Å². The molecular weight excluding hydrogens is 240 g/mol. The van der Waals surface area contributed by atoms with Crippen LogP contribution in [0.4, 0.5) is 0 Å². The highest BCUT2D eigenvalue weighted by atomic mass is 16.6. The number of aliphatic hydroxyl groups is 1. The molecule has 1 atom stereocenters. The number of carbonyl (C=O) groups excluding carboxylic acids is 1. The number of hydrogen-bond donors (Lipinski definition) is 1. The molecule has 0 aromatic heterocycles. The lowest BCUT2D eigenvalue weighted by Gasteiger charge is -2.01. The van der Waals surface area contributed by atoms with Gasteiger partial charge in [-0.05, 0) is 12.8 Å². The maximum absolute atomic E-state index is 11.4. The lowest BCUT2D eigenvalue weighted by Crippen LogP contribution is -2.07. The minimum atomic E-state index is -0.929. The zero-order valence-corrected chi connectivity index (χ0v) is 12.0. The van der Waals surface area contributed by atoms with E-state index in [-0.39, 0.29) is 5.76 Å². The summed E-state index contributed by atoms with van der Waals surface area (Å²) in [6.07, 6.45) is 11.8. The highest BCUT2D eigenvalue weighted by molar-refractivity contribution is 5.93. The fourth-order valence-electron chi connectivity index (χ4n) is 2.25. The van der Waals surface area contributed by atoms with Crippen LogP contribution in [0.3, 0.4) is 0 Å². The Morgan fingerprint density at radius 1 is 1.16 bits per heavy atom. The van der Waals surface area contributed by atoms with E-state index in [1.54, 1.807) is 6.08 Å². The van der Waals surface area contributed by atoms with Gasteiger partial charge in [0, 0.05) is 0 Å². The number of allylic oxidation sites excluding steroid dienone is 1. The van der Waals surface area contributed by atoms with Crippen molar-refractivity contribution in [1.29, 1.82) is 0 Å². The van der Waals surface area contributed by atoms with Crippen LogP contribution in [-0.2, 0) is 9.53 Å². The molecule has 0 aromatic rings. The second-order valence-electron chi connectivity index (χ2n) is 5.18. The number of hydrogen-bond acceptors (Lipinski definition) is 3. The fraction of sp³-hybridized carbons (Fsp3) is 0.688. The van der Waals surface area contributed by atoms with E-state index in [9.17, 15) is 9.90 Å². The van der Waals surface area contributed by atoms with Crippen molar-refractivity contribution < 1.29 is 14.6 Å². The number of esters is 1. The first-order valence-corrected chi connectivity index (χ1v) is 7.46. The number of unbranched alkanes of at least 4 members (excludes halogenated alkanes) is 8. The second kappa shape index (κ2) is 8.92. The van der Waals surface area contributed by atoms with E-state index in [4.69, 9.17) is 4.74 Å². The predicted octanol–water partition coefficient (Wildman–Crippen LogP) is 3.88. The molecule has 0 aromatic carbocycles. The van der Waals surface area contributed by atoms with Gasteiger partial charge in [-0.25, -0.2) is 4.79 Å². The van der Waals surface area contributed by atoms with Crippen molar-refractivity contribution in [2.45, 2.75) is 70.8 Å². The summed E-state index contributed by atoms with van der Waals surface area (Å²) < 4.78 is 4.77. The van der Waals surface area contributed by atoms with Crippen LogP contribution in [0.15, 0.2) is 24.0 Å². The third kappa shape index (κ3) is 5.60. The molecule has 3 nitrogen and oxygen atoms in total. The number of cyclic esters (lactones) is 1. The Morgan fingerprint density at radius 2 is 1.74 bits per heavy atom. The lowest BCUT2D eigenvalue weighted by molar-refractivity contribution is -0.132. The van der Waals surface area contributed by atoms with Crippen LogP contribution in [0.2, 0.25) is 0 Å². The van der Waals surface area contributed by atoms with Crippen molar-refractivity contribution in [2.24, 2.45) is 0 Å². The average Bonchev–Trinajstić information content (AvgIpc) is 2.63. The van der Waals surface area contributed by atoms with Gasteiger partial charge in [0.15, 0.2) is 0 Å². The Balaban J connectivity index is 2.07. The van der Waals surface area contributed by atoms with Gasteiger partial charge in [0.1, 0.15) is 11.9 Å². The molecule has 0 spiro atoms. The van der Waals surface area contributed by atoms with Gasteiger partial charge in [-0.1, -0.05) is 64.5 Å². The molecule has 0 unspecified atom stereocenters. The monoisotopic (exact) mass is 266 g/mol. The van der Waals surface area contributed by atoms with E-state index in [2.05, 4.69) is 13.5 Å². The quantitative estimate of drug-likeness (QED) is 0.391. The van der Waals surface area contributed by atoms with Crippen molar-refractivity contribution in [1.82, 2.24) is 0 Å². The number of ether oxygens (including phenoxy) is 1. The maximum Gasteiger partial charge on any atom is 0.341 e. The average molecular weight is 266 g/mol. The fourth-order valence-corrected chi connectivity index (χ4v) is 2.25. The zero-order chi connectivity index (χ0) is 14.1. The first kappa shape index (κ1) is 16.0. The van der Waals surface area contributed by atoms with Crippen molar-refractivity contribution >= 4 is 5.97 Å². The molecule has 3 heteroatoms. The smallest absolute Gasteiger partial charge is 0.341 e. The maximum atomic E-state index is 11.4. The summed E-state index contributed by atoms with van der Waals surface area (Å²) in [4.78, 5) is 11.4. The SMILES string of the molecule is C=C1OC(=O)/C(=C\CCCCCCCCCC)[C@@H]1O. The number of rotatable bonds is 9. The summed E-state index contributed by atoms with van der Waals surface area (Å²) >= 11 is 0. The number of carbonyl (C=O) groups is 1. The highest BCUT2D eigenvalue weighted by Crippen LogP contribution is 2.23. The summed E-state index contributed by atoms with van der Waals surface area (Å²) in [7, 11) is 0. The van der Waals surface area contributed by atoms with Gasteiger partial charge >= 0.3 is 5.97 Å². The molecule has 1 heterocycles. The zero-order valence-electron chi connectivity index (χ0n) is 12.0. The highest BCUT2D eigenvalue weighted by Gasteiger charge is 2.32. The Morgan fingerprint density at radius 3 is 2.26 bits per heavy atom. The molecule has 1 N–H and O–H groups in total. The lowest BCUT2D eigenvalue weighted by atomic mass is 10.1. The molecule has 1 saturated heterocycles. The van der Waals surface area contributed by atoms with Gasteiger partial charge in [0.25, 0.3) is 0 Å². The molecule has 0 aliphatic carbocycles. The van der Waals surface area contributed by atoms with E-state index < -0.39 is 12.1 Å². The molecule has 19 heavy (non-hydrogen) atoms. The molecule has 0 bridgehead atoms. The van der Waals surface area contributed by atoms with E-state index in [1.165, 1.54) is 44.9 Å². The molecule has 0 radical (unpaired) electrons. The van der Waals surface area contributed by atoms with Crippen molar-refractivity contribution in [3.63, 3.8) is 0 Å². The number of aliphatic hydroxyl groups excluding tert-OH is 1. The predicted molar refractivity (Wildman–Crippen MR) is 76.5 cm³/mol. The molecule has 1 rings (SSSR count). The van der Waals surface area contributed by atoms with Gasteiger partial charge < -0.3 is 9.84 Å². The van der Waals surface area contributed by atoms with E-state index in [0.717, 1.165) is 12.8 Å². The molecule has 1 aliphatic rings. The van der Waals surface area contributed by atoms with E-state index in [1.807, 2.05) is 0 Å². The minimum absolute atomic E-state index is 0.146. The molecular formula is C16H26O3. The largest absolute Gasteiger partial charge is 0.425 e. The molecule has 0 amide bonds. The van der Waals surface area contributed by atoms with Gasteiger partial charge in [-0.15, -0.1) is 0 Å². The molecule has 108 valence electrons. The summed E-state index contributed by atoms with van der Waals surface area (Å²) in [6, 6.07) is 0. The van der Waals surface area contributed by atoms with Crippen LogP contribution in [0.1, 0.15) is 64.7 Å². The van der Waals surface area contributed by atoms with Gasteiger partial charge in [-0.3, -0.25) is 0 Å². The normalized spacial score (nSPS) is 21.2. The standard InChI is InChI=1S/C16H26O3/c1-3-4-5-6-7-8-9-10-11-12-14-15(17)13(2)19-16(14)18/h12,15,17H,2-11H2,1H3/b14-12-/t15-/m1/s1. The minimum Gasteiger partial charge on any atom is -0.425 e.